The number of halogens is 2. The van der Waals surface area contributed by atoms with E-state index in [0.29, 0.717) is 11.3 Å². The molecule has 0 spiro atoms. The molecule has 0 radical (unpaired) electrons. The predicted molar refractivity (Wildman–Crippen MR) is 94.0 cm³/mol. The van der Waals surface area contributed by atoms with Crippen molar-refractivity contribution in [2.24, 2.45) is 0 Å². The Kier molecular flexibility index (Phi) is 6.05. The number of anilines is 1. The molecule has 1 atom stereocenters. The van der Waals surface area contributed by atoms with E-state index in [1.165, 1.54) is 13.0 Å². The van der Waals surface area contributed by atoms with Crippen molar-refractivity contribution >= 4 is 29.1 Å². The van der Waals surface area contributed by atoms with Crippen LogP contribution in [0.2, 0.25) is 0 Å². The number of ketones is 1. The van der Waals surface area contributed by atoms with Gasteiger partial charge in [0.15, 0.2) is 5.78 Å². The van der Waals surface area contributed by atoms with Gasteiger partial charge in [-0.15, -0.1) is 0 Å². The molecule has 0 aliphatic heterocycles. The molecule has 2 rings (SSSR count). The average molecular weight is 375 g/mol. The quantitative estimate of drug-likeness (QED) is 0.634. The van der Waals surface area contributed by atoms with Crippen LogP contribution >= 0.6 is 11.8 Å². The van der Waals surface area contributed by atoms with Gasteiger partial charge in [-0.05, 0) is 39.0 Å². The Morgan fingerprint density at radius 3 is 2.62 bits per heavy atom. The number of pyridine rings is 1. The van der Waals surface area contributed by atoms with Gasteiger partial charge < -0.3 is 5.32 Å². The van der Waals surface area contributed by atoms with Crippen LogP contribution in [0.3, 0.4) is 0 Å². The number of amides is 1. The smallest absolute Gasteiger partial charge is 0.237 e. The Morgan fingerprint density at radius 1 is 1.31 bits per heavy atom. The summed E-state index contributed by atoms with van der Waals surface area (Å²) in [6.07, 6.45) is 0. The van der Waals surface area contributed by atoms with Crippen LogP contribution in [0.4, 0.5) is 14.5 Å². The van der Waals surface area contributed by atoms with Gasteiger partial charge in [0.2, 0.25) is 5.91 Å². The van der Waals surface area contributed by atoms with Gasteiger partial charge in [-0.25, -0.2) is 13.8 Å². The summed E-state index contributed by atoms with van der Waals surface area (Å²) in [5.41, 5.74) is 0.689. The monoisotopic (exact) mass is 375 g/mol. The molecule has 1 heterocycles. The normalized spacial score (nSPS) is 11.5. The van der Waals surface area contributed by atoms with Gasteiger partial charge in [-0.1, -0.05) is 11.8 Å². The molecule has 134 valence electrons. The summed E-state index contributed by atoms with van der Waals surface area (Å²) in [5.74, 6) is -2.21. The minimum Gasteiger partial charge on any atom is -0.323 e. The first kappa shape index (κ1) is 19.5. The molecule has 0 bridgehead atoms. The molecule has 1 aromatic carbocycles. The third-order valence-corrected chi connectivity index (χ3v) is 4.62. The number of aromatic nitrogens is 1. The zero-order valence-electron chi connectivity index (χ0n) is 14.3. The summed E-state index contributed by atoms with van der Waals surface area (Å²) in [6, 6.07) is 6.14. The van der Waals surface area contributed by atoms with E-state index >= 15 is 0 Å². The van der Waals surface area contributed by atoms with Crippen molar-refractivity contribution in [3.63, 3.8) is 0 Å². The summed E-state index contributed by atoms with van der Waals surface area (Å²) in [5, 5.41) is 11.1. The van der Waals surface area contributed by atoms with Crippen LogP contribution in [0.25, 0.3) is 0 Å². The lowest BCUT2D eigenvalue weighted by molar-refractivity contribution is -0.115. The number of Topliss-reactive ketones (excluding diaryl/α,β-unsaturated/α-hetero) is 1. The number of aryl methyl sites for hydroxylation is 1. The van der Waals surface area contributed by atoms with Gasteiger partial charge in [-0.3, -0.25) is 9.59 Å². The molecule has 1 aromatic heterocycles. The Hall–Kier alpha value is -2.79. The van der Waals surface area contributed by atoms with Crippen LogP contribution in [-0.4, -0.2) is 21.9 Å². The van der Waals surface area contributed by atoms with E-state index in [2.05, 4.69) is 10.3 Å². The molecule has 1 N–H and O–H groups in total. The largest absolute Gasteiger partial charge is 0.323 e. The number of hydrogen-bond donors (Lipinski definition) is 1. The average Bonchev–Trinajstić information content (AvgIpc) is 2.57. The Bertz CT molecular complexity index is 925. The molecule has 0 aliphatic rings. The van der Waals surface area contributed by atoms with Gasteiger partial charge in [0.05, 0.1) is 16.5 Å². The zero-order chi connectivity index (χ0) is 19.4. The SMILES string of the molecule is CC(=O)c1cc(C#N)c(SC(C)C(=O)Nc2cc(F)ccc2F)nc1C. The molecule has 2 aromatic rings. The number of nitrogens with one attached hydrogen (secondary N) is 1. The summed E-state index contributed by atoms with van der Waals surface area (Å²) in [4.78, 5) is 28.0. The van der Waals surface area contributed by atoms with Crippen LogP contribution in [0, 0.1) is 29.9 Å². The number of nitrogens with zero attached hydrogens (tertiary/aromatic N) is 2. The number of nitriles is 1. The molecule has 0 aliphatic carbocycles. The van der Waals surface area contributed by atoms with Gasteiger partial charge in [0.1, 0.15) is 22.7 Å². The fourth-order valence-corrected chi connectivity index (χ4v) is 3.08. The van der Waals surface area contributed by atoms with E-state index in [-0.39, 0.29) is 22.1 Å². The molecule has 26 heavy (non-hydrogen) atoms. The van der Waals surface area contributed by atoms with E-state index in [0.717, 1.165) is 30.0 Å². The maximum Gasteiger partial charge on any atom is 0.237 e. The number of rotatable bonds is 5. The lowest BCUT2D eigenvalue weighted by Gasteiger charge is -2.14. The maximum atomic E-state index is 13.6. The van der Waals surface area contributed by atoms with Gasteiger partial charge in [0, 0.05) is 17.3 Å². The summed E-state index contributed by atoms with van der Waals surface area (Å²) >= 11 is 0.994. The molecule has 0 saturated carbocycles. The van der Waals surface area contributed by atoms with Gasteiger partial charge in [0.25, 0.3) is 0 Å². The minimum atomic E-state index is -0.755. The van der Waals surface area contributed by atoms with Crippen molar-refractivity contribution in [1.29, 1.82) is 5.26 Å². The second kappa shape index (κ2) is 8.06. The highest BCUT2D eigenvalue weighted by Gasteiger charge is 2.20. The van der Waals surface area contributed by atoms with Crippen LogP contribution in [0.15, 0.2) is 29.3 Å². The summed E-state index contributed by atoms with van der Waals surface area (Å²) in [7, 11) is 0. The van der Waals surface area contributed by atoms with Crippen molar-refractivity contribution in [2.75, 3.05) is 5.32 Å². The van der Waals surface area contributed by atoms with Crippen LogP contribution in [-0.2, 0) is 4.79 Å². The first-order valence-electron chi connectivity index (χ1n) is 7.58. The molecule has 1 amide bonds. The number of carbonyl (C=O) groups excluding carboxylic acids is 2. The lowest BCUT2D eigenvalue weighted by Crippen LogP contribution is -2.23. The summed E-state index contributed by atoms with van der Waals surface area (Å²) in [6.45, 7) is 4.56. The van der Waals surface area contributed by atoms with Crippen molar-refractivity contribution in [3.8, 4) is 6.07 Å². The number of carbonyl (C=O) groups is 2. The topological polar surface area (TPSA) is 82.8 Å². The van der Waals surface area contributed by atoms with Crippen LogP contribution in [0.1, 0.15) is 35.5 Å². The van der Waals surface area contributed by atoms with Crippen molar-refractivity contribution in [1.82, 2.24) is 4.98 Å². The predicted octanol–water partition coefficient (Wildman–Crippen LogP) is 3.86. The second-order valence-electron chi connectivity index (χ2n) is 5.52. The zero-order valence-corrected chi connectivity index (χ0v) is 15.1. The van der Waals surface area contributed by atoms with Crippen molar-refractivity contribution in [3.05, 3.63) is 52.7 Å². The Labute approximate surface area is 153 Å². The highest BCUT2D eigenvalue weighted by molar-refractivity contribution is 8.00. The molecular weight excluding hydrogens is 360 g/mol. The van der Waals surface area contributed by atoms with Gasteiger partial charge >= 0.3 is 0 Å². The molecule has 0 fully saturated rings. The van der Waals surface area contributed by atoms with E-state index in [4.69, 9.17) is 0 Å². The second-order valence-corrected chi connectivity index (χ2v) is 6.85. The van der Waals surface area contributed by atoms with Gasteiger partial charge in [-0.2, -0.15) is 5.26 Å². The fourth-order valence-electron chi connectivity index (χ4n) is 2.16. The highest BCUT2D eigenvalue weighted by Crippen LogP contribution is 2.28. The molecule has 5 nitrogen and oxygen atoms in total. The minimum absolute atomic E-state index is 0.169. The van der Waals surface area contributed by atoms with Crippen LogP contribution < -0.4 is 5.32 Å². The third-order valence-electron chi connectivity index (χ3n) is 3.52. The lowest BCUT2D eigenvalue weighted by atomic mass is 10.1. The molecule has 1 unspecified atom stereocenters. The van der Waals surface area contributed by atoms with E-state index < -0.39 is 22.8 Å². The first-order valence-corrected chi connectivity index (χ1v) is 8.46. The van der Waals surface area contributed by atoms with E-state index in [9.17, 15) is 23.6 Å². The molecule has 8 heteroatoms. The Balaban J connectivity index is 2.21. The summed E-state index contributed by atoms with van der Waals surface area (Å²) < 4.78 is 26.8. The first-order chi connectivity index (χ1) is 12.2. The third kappa shape index (κ3) is 4.43. The molecular formula is C18H15F2N3O2S. The number of thioether (sulfide) groups is 1. The van der Waals surface area contributed by atoms with Crippen LogP contribution in [0.5, 0.6) is 0 Å². The number of benzene rings is 1. The van der Waals surface area contributed by atoms with Crippen molar-refractivity contribution < 1.29 is 18.4 Å². The Morgan fingerprint density at radius 2 is 2.00 bits per heavy atom. The van der Waals surface area contributed by atoms with E-state index in [1.807, 2.05) is 6.07 Å². The standard InChI is InChI=1S/C18H15F2N3O2S/c1-9-14(10(2)24)6-12(8-21)18(22-9)26-11(3)17(25)23-16-7-13(19)4-5-15(16)20/h4-7,11H,1-3H3,(H,23,25). The fraction of sp³-hybridized carbons (Fsp3) is 0.222. The van der Waals surface area contributed by atoms with E-state index in [1.54, 1.807) is 13.8 Å². The highest BCUT2D eigenvalue weighted by atomic mass is 32.2. The maximum absolute atomic E-state index is 13.6. The number of hydrogen-bond acceptors (Lipinski definition) is 5. The van der Waals surface area contributed by atoms with Crippen molar-refractivity contribution in [2.45, 2.75) is 31.0 Å². The molecule has 0 saturated heterocycles.